The number of amides is 1. The minimum Gasteiger partial charge on any atom is -0.350 e. The third kappa shape index (κ3) is 4.52. The molecular weight excluding hydrogens is 304 g/mol. The van der Waals surface area contributed by atoms with Gasteiger partial charge in [-0.1, -0.05) is 37.3 Å². The summed E-state index contributed by atoms with van der Waals surface area (Å²) in [6.07, 6.45) is 2.59. The molecule has 2 rings (SSSR count). The molecule has 1 amide bonds. The first-order chi connectivity index (χ1) is 11.5. The molecule has 2 aromatic carbocycles. The first-order valence-electron chi connectivity index (χ1n) is 7.83. The standard InChI is InChI=1S/C19H20N2O3/c1-3-14(2)20-19(22)18(16-7-5-4-6-8-16)13-15-9-11-17(12-10-15)21(23)24/h4-14H,3H2,1-2H3,(H,20,22)/b18-13+/t14-/m0/s1. The summed E-state index contributed by atoms with van der Waals surface area (Å²) >= 11 is 0. The van der Waals surface area contributed by atoms with Crippen LogP contribution < -0.4 is 5.32 Å². The molecule has 0 aliphatic heterocycles. The van der Waals surface area contributed by atoms with Gasteiger partial charge in [-0.25, -0.2) is 0 Å². The van der Waals surface area contributed by atoms with Crippen molar-refractivity contribution in [2.75, 3.05) is 0 Å². The van der Waals surface area contributed by atoms with E-state index in [0.717, 1.165) is 17.5 Å². The van der Waals surface area contributed by atoms with Gasteiger partial charge in [0.05, 0.1) is 4.92 Å². The van der Waals surface area contributed by atoms with E-state index in [1.807, 2.05) is 44.2 Å². The van der Waals surface area contributed by atoms with E-state index in [-0.39, 0.29) is 17.6 Å². The Morgan fingerprint density at radius 3 is 2.33 bits per heavy atom. The van der Waals surface area contributed by atoms with E-state index in [1.165, 1.54) is 12.1 Å². The number of carbonyl (C=O) groups is 1. The van der Waals surface area contributed by atoms with Crippen LogP contribution in [0.15, 0.2) is 54.6 Å². The van der Waals surface area contributed by atoms with Crippen molar-refractivity contribution in [2.45, 2.75) is 26.3 Å². The maximum Gasteiger partial charge on any atom is 0.269 e. The second kappa shape index (κ2) is 8.06. The number of hydrogen-bond acceptors (Lipinski definition) is 3. The molecule has 24 heavy (non-hydrogen) atoms. The quantitative estimate of drug-likeness (QED) is 0.377. The van der Waals surface area contributed by atoms with Gasteiger partial charge >= 0.3 is 0 Å². The van der Waals surface area contributed by atoms with Crippen LogP contribution in [0, 0.1) is 10.1 Å². The van der Waals surface area contributed by atoms with Gasteiger partial charge in [-0.15, -0.1) is 0 Å². The van der Waals surface area contributed by atoms with Crippen molar-refractivity contribution in [1.29, 1.82) is 0 Å². The molecule has 0 heterocycles. The minimum atomic E-state index is -0.443. The molecule has 124 valence electrons. The highest BCUT2D eigenvalue weighted by molar-refractivity contribution is 6.24. The van der Waals surface area contributed by atoms with Crippen molar-refractivity contribution in [3.63, 3.8) is 0 Å². The summed E-state index contributed by atoms with van der Waals surface area (Å²) in [5.74, 6) is -0.158. The van der Waals surface area contributed by atoms with Crippen LogP contribution in [-0.2, 0) is 4.79 Å². The van der Waals surface area contributed by atoms with E-state index in [0.29, 0.717) is 5.57 Å². The fourth-order valence-electron chi connectivity index (χ4n) is 2.16. The number of benzene rings is 2. The van der Waals surface area contributed by atoms with Crippen molar-refractivity contribution in [3.8, 4) is 0 Å². The van der Waals surface area contributed by atoms with Crippen molar-refractivity contribution in [3.05, 3.63) is 75.8 Å². The van der Waals surface area contributed by atoms with Gasteiger partial charge in [0.2, 0.25) is 0 Å². The molecule has 0 spiro atoms. The third-order valence-electron chi connectivity index (χ3n) is 3.73. The zero-order valence-electron chi connectivity index (χ0n) is 13.7. The van der Waals surface area contributed by atoms with Crippen LogP contribution in [0.4, 0.5) is 5.69 Å². The number of hydrogen-bond donors (Lipinski definition) is 1. The minimum absolute atomic E-state index is 0.0254. The molecule has 0 radical (unpaired) electrons. The molecule has 1 atom stereocenters. The summed E-state index contributed by atoms with van der Waals surface area (Å²) in [5.41, 5.74) is 2.10. The van der Waals surface area contributed by atoms with E-state index < -0.39 is 4.92 Å². The van der Waals surface area contributed by atoms with Crippen LogP contribution in [0.3, 0.4) is 0 Å². The smallest absolute Gasteiger partial charge is 0.269 e. The van der Waals surface area contributed by atoms with Crippen molar-refractivity contribution >= 4 is 23.2 Å². The Labute approximate surface area is 141 Å². The summed E-state index contributed by atoms with van der Waals surface area (Å²) in [5, 5.41) is 13.7. The molecule has 2 aromatic rings. The molecule has 0 unspecified atom stereocenters. The second-order valence-electron chi connectivity index (χ2n) is 5.56. The van der Waals surface area contributed by atoms with Crippen molar-refractivity contribution in [2.24, 2.45) is 0 Å². The largest absolute Gasteiger partial charge is 0.350 e. The lowest BCUT2D eigenvalue weighted by Gasteiger charge is -2.14. The van der Waals surface area contributed by atoms with Crippen molar-refractivity contribution in [1.82, 2.24) is 5.32 Å². The Hall–Kier alpha value is -2.95. The highest BCUT2D eigenvalue weighted by Crippen LogP contribution is 2.20. The first-order valence-corrected chi connectivity index (χ1v) is 7.83. The summed E-state index contributed by atoms with van der Waals surface area (Å²) in [6.45, 7) is 3.96. The molecular formula is C19H20N2O3. The SMILES string of the molecule is CC[C@H](C)NC(=O)/C(=C/c1ccc([N+](=O)[O-])cc1)c1ccccc1. The van der Waals surface area contributed by atoms with Crippen LogP contribution in [0.1, 0.15) is 31.4 Å². The fraction of sp³-hybridized carbons (Fsp3) is 0.211. The normalized spacial score (nSPS) is 12.5. The van der Waals surface area contributed by atoms with Gasteiger partial charge in [-0.2, -0.15) is 0 Å². The lowest BCUT2D eigenvalue weighted by molar-refractivity contribution is -0.384. The Balaban J connectivity index is 2.38. The Kier molecular flexibility index (Phi) is 5.84. The van der Waals surface area contributed by atoms with Gasteiger partial charge in [-0.3, -0.25) is 14.9 Å². The van der Waals surface area contributed by atoms with E-state index in [1.54, 1.807) is 18.2 Å². The summed E-state index contributed by atoms with van der Waals surface area (Å²) in [4.78, 5) is 22.9. The van der Waals surface area contributed by atoms with Crippen LogP contribution in [-0.4, -0.2) is 16.9 Å². The molecule has 0 aliphatic carbocycles. The van der Waals surface area contributed by atoms with Gasteiger partial charge in [-0.05, 0) is 42.7 Å². The number of nitrogens with one attached hydrogen (secondary N) is 1. The Bertz CT molecular complexity index is 737. The van der Waals surface area contributed by atoms with Crippen molar-refractivity contribution < 1.29 is 9.72 Å². The Morgan fingerprint density at radius 2 is 1.79 bits per heavy atom. The molecule has 0 bridgehead atoms. The van der Waals surface area contributed by atoms with Crippen LogP contribution >= 0.6 is 0 Å². The zero-order valence-corrected chi connectivity index (χ0v) is 13.7. The lowest BCUT2D eigenvalue weighted by Crippen LogP contribution is -2.32. The number of nitro groups is 1. The van der Waals surface area contributed by atoms with E-state index in [2.05, 4.69) is 5.32 Å². The number of nitrogens with zero attached hydrogens (tertiary/aromatic N) is 1. The number of rotatable bonds is 6. The van der Waals surface area contributed by atoms with E-state index in [9.17, 15) is 14.9 Å². The number of carbonyl (C=O) groups excluding carboxylic acids is 1. The maximum absolute atomic E-state index is 12.6. The third-order valence-corrected chi connectivity index (χ3v) is 3.73. The summed E-state index contributed by atoms with van der Waals surface area (Å²) in [7, 11) is 0. The molecule has 5 nitrogen and oxygen atoms in total. The predicted molar refractivity (Wildman–Crippen MR) is 95.3 cm³/mol. The van der Waals surface area contributed by atoms with E-state index >= 15 is 0 Å². The molecule has 1 N–H and O–H groups in total. The molecule has 0 saturated heterocycles. The number of non-ortho nitro benzene ring substituents is 1. The number of nitro benzene ring substituents is 1. The van der Waals surface area contributed by atoms with Crippen LogP contribution in [0.2, 0.25) is 0 Å². The molecule has 0 fully saturated rings. The summed E-state index contributed by atoms with van der Waals surface area (Å²) < 4.78 is 0. The highest BCUT2D eigenvalue weighted by atomic mass is 16.6. The lowest BCUT2D eigenvalue weighted by atomic mass is 10.0. The summed E-state index contributed by atoms with van der Waals surface area (Å²) in [6, 6.07) is 15.6. The van der Waals surface area contributed by atoms with Gasteiger partial charge < -0.3 is 5.32 Å². The molecule has 0 aliphatic rings. The molecule has 0 aromatic heterocycles. The average Bonchev–Trinajstić information content (AvgIpc) is 2.60. The van der Waals surface area contributed by atoms with E-state index in [4.69, 9.17) is 0 Å². The monoisotopic (exact) mass is 324 g/mol. The van der Waals surface area contributed by atoms with Gasteiger partial charge in [0.1, 0.15) is 0 Å². The Morgan fingerprint density at radius 1 is 1.17 bits per heavy atom. The molecule has 5 heteroatoms. The highest BCUT2D eigenvalue weighted by Gasteiger charge is 2.14. The second-order valence-corrected chi connectivity index (χ2v) is 5.56. The zero-order chi connectivity index (χ0) is 17.5. The average molecular weight is 324 g/mol. The van der Waals surface area contributed by atoms with Gasteiger partial charge in [0.15, 0.2) is 0 Å². The van der Waals surface area contributed by atoms with Crippen LogP contribution in [0.5, 0.6) is 0 Å². The van der Waals surface area contributed by atoms with Gasteiger partial charge in [0, 0.05) is 23.7 Å². The maximum atomic E-state index is 12.6. The molecule has 0 saturated carbocycles. The first kappa shape index (κ1) is 17.4. The topological polar surface area (TPSA) is 72.2 Å². The van der Waals surface area contributed by atoms with Crippen LogP contribution in [0.25, 0.3) is 11.6 Å². The predicted octanol–water partition coefficient (Wildman–Crippen LogP) is 4.05. The van der Waals surface area contributed by atoms with Gasteiger partial charge in [0.25, 0.3) is 11.6 Å². The fourth-order valence-corrected chi connectivity index (χ4v) is 2.16.